The van der Waals surface area contributed by atoms with E-state index in [4.69, 9.17) is 0 Å². The molecule has 0 bridgehead atoms. The van der Waals surface area contributed by atoms with Crippen LogP contribution in [0.1, 0.15) is 60.5 Å². The van der Waals surface area contributed by atoms with Crippen LogP contribution < -0.4 is 5.32 Å². The molecule has 1 aromatic carbocycles. The molecule has 24 heavy (non-hydrogen) atoms. The standard InChI is InChI=1S/C20H28N2O2/c1-15(23)22-12-2-3-17-5-6-18(13-19(17)14-22)20(24)7-4-16-8-10-21-11-9-16/h5-6,13,16,21H,2-4,7-12,14H2,1H3. The lowest BCUT2D eigenvalue weighted by Gasteiger charge is -2.22. The lowest BCUT2D eigenvalue weighted by atomic mass is 9.90. The number of benzene rings is 1. The van der Waals surface area contributed by atoms with Gasteiger partial charge in [0.1, 0.15) is 0 Å². The van der Waals surface area contributed by atoms with Crippen LogP contribution in [-0.4, -0.2) is 36.2 Å². The van der Waals surface area contributed by atoms with Gasteiger partial charge >= 0.3 is 0 Å². The first kappa shape index (κ1) is 17.2. The molecule has 130 valence electrons. The number of nitrogens with zero attached hydrogens (tertiary/aromatic N) is 1. The zero-order valence-corrected chi connectivity index (χ0v) is 14.6. The van der Waals surface area contributed by atoms with Crippen LogP contribution in [0.3, 0.4) is 0 Å². The molecule has 2 aliphatic heterocycles. The zero-order chi connectivity index (χ0) is 16.9. The van der Waals surface area contributed by atoms with Crippen molar-refractivity contribution in [2.75, 3.05) is 19.6 Å². The second kappa shape index (κ2) is 7.93. The van der Waals surface area contributed by atoms with Gasteiger partial charge in [-0.25, -0.2) is 0 Å². The average Bonchev–Trinajstić information content (AvgIpc) is 2.82. The quantitative estimate of drug-likeness (QED) is 0.865. The minimum atomic E-state index is 0.116. The Morgan fingerprint density at radius 3 is 2.75 bits per heavy atom. The number of Topliss-reactive ketones (excluding diaryl/α,β-unsaturated/α-hetero) is 1. The molecule has 1 fully saturated rings. The Hall–Kier alpha value is -1.68. The maximum Gasteiger partial charge on any atom is 0.219 e. The topological polar surface area (TPSA) is 49.4 Å². The van der Waals surface area contributed by atoms with Gasteiger partial charge in [-0.05, 0) is 68.3 Å². The Labute approximate surface area is 144 Å². The van der Waals surface area contributed by atoms with E-state index in [-0.39, 0.29) is 11.7 Å². The zero-order valence-electron chi connectivity index (χ0n) is 14.6. The third-order valence-electron chi connectivity index (χ3n) is 5.45. The Morgan fingerprint density at radius 2 is 2.00 bits per heavy atom. The van der Waals surface area contributed by atoms with Crippen molar-refractivity contribution in [2.24, 2.45) is 5.92 Å². The summed E-state index contributed by atoms with van der Waals surface area (Å²) >= 11 is 0. The number of nitrogens with one attached hydrogen (secondary N) is 1. The molecule has 1 saturated heterocycles. The molecular weight excluding hydrogens is 300 g/mol. The van der Waals surface area contributed by atoms with Crippen LogP contribution >= 0.6 is 0 Å². The van der Waals surface area contributed by atoms with Gasteiger partial charge in [0.2, 0.25) is 5.91 Å². The maximum atomic E-state index is 12.6. The van der Waals surface area contributed by atoms with Crippen LogP contribution in [0.4, 0.5) is 0 Å². The van der Waals surface area contributed by atoms with Crippen LogP contribution in [0, 0.1) is 5.92 Å². The summed E-state index contributed by atoms with van der Waals surface area (Å²) in [5, 5.41) is 3.37. The molecule has 0 spiro atoms. The first-order valence-corrected chi connectivity index (χ1v) is 9.24. The summed E-state index contributed by atoms with van der Waals surface area (Å²) in [6.45, 7) is 5.24. The van der Waals surface area contributed by atoms with E-state index in [1.165, 1.54) is 18.4 Å². The molecule has 1 amide bonds. The largest absolute Gasteiger partial charge is 0.339 e. The molecule has 3 rings (SSSR count). The highest BCUT2D eigenvalue weighted by Gasteiger charge is 2.19. The molecule has 1 aromatic rings. The molecule has 0 atom stereocenters. The van der Waals surface area contributed by atoms with E-state index in [1.807, 2.05) is 17.0 Å². The number of hydrogen-bond acceptors (Lipinski definition) is 3. The van der Waals surface area contributed by atoms with Crippen molar-refractivity contribution >= 4 is 11.7 Å². The maximum absolute atomic E-state index is 12.6. The number of fused-ring (bicyclic) bond motifs is 1. The Bertz CT molecular complexity index is 606. The molecule has 0 saturated carbocycles. The molecule has 0 aromatic heterocycles. The number of aryl methyl sites for hydroxylation is 1. The van der Waals surface area contributed by atoms with Crippen molar-refractivity contribution in [3.05, 3.63) is 34.9 Å². The van der Waals surface area contributed by atoms with Crippen molar-refractivity contribution in [2.45, 2.75) is 52.0 Å². The summed E-state index contributed by atoms with van der Waals surface area (Å²) in [4.78, 5) is 26.2. The predicted molar refractivity (Wildman–Crippen MR) is 95.0 cm³/mol. The smallest absolute Gasteiger partial charge is 0.219 e. The number of piperidine rings is 1. The summed E-state index contributed by atoms with van der Waals surface area (Å²) in [5.41, 5.74) is 3.25. The molecule has 4 heteroatoms. The van der Waals surface area contributed by atoms with Crippen LogP contribution in [0.15, 0.2) is 18.2 Å². The fraction of sp³-hybridized carbons (Fsp3) is 0.600. The van der Waals surface area contributed by atoms with E-state index in [2.05, 4.69) is 11.4 Å². The van der Waals surface area contributed by atoms with Crippen LogP contribution in [0.2, 0.25) is 0 Å². The van der Waals surface area contributed by atoms with Crippen molar-refractivity contribution in [3.8, 4) is 0 Å². The van der Waals surface area contributed by atoms with Crippen molar-refractivity contribution in [1.29, 1.82) is 0 Å². The minimum Gasteiger partial charge on any atom is -0.339 e. The molecule has 2 aliphatic rings. The number of ketones is 1. The minimum absolute atomic E-state index is 0.116. The van der Waals surface area contributed by atoms with Crippen LogP contribution in [0.5, 0.6) is 0 Å². The molecule has 0 radical (unpaired) electrons. The van der Waals surface area contributed by atoms with Crippen LogP contribution in [-0.2, 0) is 17.8 Å². The molecule has 2 heterocycles. The van der Waals surface area contributed by atoms with Gasteiger partial charge in [0.25, 0.3) is 0 Å². The van der Waals surface area contributed by atoms with E-state index in [9.17, 15) is 9.59 Å². The van der Waals surface area contributed by atoms with Gasteiger partial charge in [-0.3, -0.25) is 9.59 Å². The number of carbonyl (C=O) groups excluding carboxylic acids is 2. The number of carbonyl (C=O) groups is 2. The predicted octanol–water partition coefficient (Wildman–Crippen LogP) is 2.94. The summed E-state index contributed by atoms with van der Waals surface area (Å²) in [5.74, 6) is 1.05. The van der Waals surface area contributed by atoms with E-state index in [0.29, 0.717) is 18.9 Å². The van der Waals surface area contributed by atoms with Crippen molar-refractivity contribution in [1.82, 2.24) is 10.2 Å². The van der Waals surface area contributed by atoms with E-state index in [0.717, 1.165) is 50.0 Å². The summed E-state index contributed by atoms with van der Waals surface area (Å²) in [6, 6.07) is 6.10. The third-order valence-corrected chi connectivity index (χ3v) is 5.45. The number of hydrogen-bond donors (Lipinski definition) is 1. The van der Waals surface area contributed by atoms with Gasteiger partial charge in [0.05, 0.1) is 0 Å². The van der Waals surface area contributed by atoms with Crippen molar-refractivity contribution < 1.29 is 9.59 Å². The normalized spacial score (nSPS) is 18.8. The van der Waals surface area contributed by atoms with E-state index < -0.39 is 0 Å². The molecular formula is C20H28N2O2. The fourth-order valence-electron chi connectivity index (χ4n) is 3.85. The lowest BCUT2D eigenvalue weighted by Crippen LogP contribution is -2.28. The Balaban J connectivity index is 1.65. The Kier molecular flexibility index (Phi) is 5.67. The highest BCUT2D eigenvalue weighted by atomic mass is 16.2. The highest BCUT2D eigenvalue weighted by molar-refractivity contribution is 5.96. The third kappa shape index (κ3) is 4.23. The Morgan fingerprint density at radius 1 is 1.21 bits per heavy atom. The van der Waals surface area contributed by atoms with Gasteiger partial charge < -0.3 is 10.2 Å². The van der Waals surface area contributed by atoms with Gasteiger partial charge in [-0.1, -0.05) is 12.1 Å². The monoisotopic (exact) mass is 328 g/mol. The van der Waals surface area contributed by atoms with Gasteiger partial charge in [-0.2, -0.15) is 0 Å². The van der Waals surface area contributed by atoms with Gasteiger partial charge in [0, 0.05) is 32.0 Å². The lowest BCUT2D eigenvalue weighted by molar-refractivity contribution is -0.129. The van der Waals surface area contributed by atoms with Gasteiger partial charge in [-0.15, -0.1) is 0 Å². The molecule has 1 N–H and O–H groups in total. The summed E-state index contributed by atoms with van der Waals surface area (Å²) in [6.07, 6.45) is 5.99. The average molecular weight is 328 g/mol. The fourth-order valence-corrected chi connectivity index (χ4v) is 3.85. The van der Waals surface area contributed by atoms with E-state index in [1.54, 1.807) is 6.92 Å². The second-order valence-electron chi connectivity index (χ2n) is 7.18. The number of rotatable bonds is 4. The molecule has 4 nitrogen and oxygen atoms in total. The first-order valence-electron chi connectivity index (χ1n) is 9.24. The number of amides is 1. The molecule has 0 unspecified atom stereocenters. The summed E-state index contributed by atoms with van der Waals surface area (Å²) in [7, 11) is 0. The van der Waals surface area contributed by atoms with E-state index >= 15 is 0 Å². The highest BCUT2D eigenvalue weighted by Crippen LogP contribution is 2.23. The first-order chi connectivity index (χ1) is 11.6. The summed E-state index contributed by atoms with van der Waals surface area (Å²) < 4.78 is 0. The SMILES string of the molecule is CC(=O)N1CCCc2ccc(C(=O)CCC3CCNCC3)cc2C1. The second-order valence-corrected chi connectivity index (χ2v) is 7.18. The molecule has 0 aliphatic carbocycles. The van der Waals surface area contributed by atoms with Gasteiger partial charge in [0.15, 0.2) is 5.78 Å². The van der Waals surface area contributed by atoms with Crippen molar-refractivity contribution in [3.63, 3.8) is 0 Å². The van der Waals surface area contributed by atoms with Crippen LogP contribution in [0.25, 0.3) is 0 Å².